The maximum atomic E-state index is 11.6. The van der Waals surface area contributed by atoms with Crippen molar-refractivity contribution in [1.29, 1.82) is 0 Å². The predicted molar refractivity (Wildman–Crippen MR) is 71.1 cm³/mol. The van der Waals surface area contributed by atoms with Gasteiger partial charge in [0.25, 0.3) is 5.56 Å². The fraction of sp³-hybridized carbons (Fsp3) is 0.692. The van der Waals surface area contributed by atoms with E-state index in [1.807, 2.05) is 0 Å². The van der Waals surface area contributed by atoms with Gasteiger partial charge in [-0.15, -0.1) is 0 Å². The normalized spacial score (nSPS) is 18.3. The Hall–Kier alpha value is -1.52. The van der Waals surface area contributed by atoms with Gasteiger partial charge in [-0.2, -0.15) is 0 Å². The van der Waals surface area contributed by atoms with Gasteiger partial charge in [0.05, 0.1) is 13.4 Å². The van der Waals surface area contributed by atoms with E-state index in [9.17, 15) is 4.79 Å². The molecular formula is C13H21N3O2. The van der Waals surface area contributed by atoms with E-state index in [0.717, 1.165) is 0 Å². The molecule has 0 spiro atoms. The number of aromatic nitrogens is 2. The van der Waals surface area contributed by atoms with Gasteiger partial charge in [0.2, 0.25) is 5.75 Å². The third-order valence-corrected chi connectivity index (χ3v) is 3.74. The summed E-state index contributed by atoms with van der Waals surface area (Å²) in [7, 11) is 1.49. The average Bonchev–Trinajstić information content (AvgIpc) is 2.40. The molecule has 1 unspecified atom stereocenters. The van der Waals surface area contributed by atoms with Crippen LogP contribution < -0.4 is 15.6 Å². The third kappa shape index (κ3) is 2.83. The van der Waals surface area contributed by atoms with Crippen LogP contribution in [0.25, 0.3) is 0 Å². The molecule has 1 fully saturated rings. The molecule has 18 heavy (non-hydrogen) atoms. The molecule has 0 amide bonds. The van der Waals surface area contributed by atoms with Crippen LogP contribution in [0.5, 0.6) is 5.75 Å². The predicted octanol–water partition coefficient (Wildman–Crippen LogP) is 2.16. The molecule has 1 aliphatic carbocycles. The summed E-state index contributed by atoms with van der Waals surface area (Å²) in [6.45, 7) is 2.15. The van der Waals surface area contributed by atoms with Gasteiger partial charge in [0.1, 0.15) is 0 Å². The van der Waals surface area contributed by atoms with Gasteiger partial charge in [-0.25, -0.2) is 4.98 Å². The quantitative estimate of drug-likeness (QED) is 0.860. The molecule has 0 aliphatic heterocycles. The summed E-state index contributed by atoms with van der Waals surface area (Å²) in [4.78, 5) is 18.2. The van der Waals surface area contributed by atoms with Crippen LogP contribution in [-0.4, -0.2) is 23.1 Å². The highest BCUT2D eigenvalue weighted by Gasteiger charge is 2.21. The second-order valence-electron chi connectivity index (χ2n) is 4.94. The molecule has 1 aliphatic rings. The van der Waals surface area contributed by atoms with Crippen LogP contribution in [0.15, 0.2) is 11.1 Å². The first-order valence-electron chi connectivity index (χ1n) is 6.60. The lowest BCUT2D eigenvalue weighted by Gasteiger charge is -2.28. The van der Waals surface area contributed by atoms with Gasteiger partial charge in [0.15, 0.2) is 5.82 Å². The minimum Gasteiger partial charge on any atom is -0.489 e. The number of methoxy groups -OCH3 is 1. The number of hydrogen-bond acceptors (Lipinski definition) is 4. The fourth-order valence-corrected chi connectivity index (χ4v) is 2.65. The Balaban J connectivity index is 2.08. The van der Waals surface area contributed by atoms with Crippen molar-refractivity contribution in [2.45, 2.75) is 45.1 Å². The number of hydrogen-bond donors (Lipinski definition) is 2. The molecule has 2 N–H and O–H groups in total. The molecule has 0 saturated heterocycles. The number of H-pyrrole nitrogens is 1. The number of ether oxygens (including phenoxy) is 1. The molecule has 1 heterocycles. The molecule has 1 aromatic heterocycles. The van der Waals surface area contributed by atoms with Gasteiger partial charge >= 0.3 is 0 Å². The maximum Gasteiger partial charge on any atom is 0.295 e. The first-order chi connectivity index (χ1) is 8.72. The van der Waals surface area contributed by atoms with Gasteiger partial charge in [-0.1, -0.05) is 19.3 Å². The third-order valence-electron chi connectivity index (χ3n) is 3.74. The molecule has 1 atom stereocenters. The maximum absolute atomic E-state index is 11.6. The lowest BCUT2D eigenvalue weighted by Crippen LogP contribution is -2.29. The summed E-state index contributed by atoms with van der Waals surface area (Å²) >= 11 is 0. The average molecular weight is 251 g/mol. The molecule has 1 aromatic rings. The summed E-state index contributed by atoms with van der Waals surface area (Å²) in [5, 5.41) is 3.32. The van der Waals surface area contributed by atoms with Crippen LogP contribution in [0.3, 0.4) is 0 Å². The van der Waals surface area contributed by atoms with Crippen LogP contribution in [0, 0.1) is 5.92 Å². The minimum atomic E-state index is -0.245. The number of anilines is 1. The molecule has 2 rings (SSSR count). The Morgan fingerprint density at radius 2 is 2.17 bits per heavy atom. The van der Waals surface area contributed by atoms with Crippen molar-refractivity contribution in [2.75, 3.05) is 12.4 Å². The Bertz CT molecular complexity index is 438. The minimum absolute atomic E-state index is 0.245. The number of aromatic amines is 1. The smallest absolute Gasteiger partial charge is 0.295 e. The summed E-state index contributed by atoms with van der Waals surface area (Å²) in [5.74, 6) is 1.46. The first kappa shape index (κ1) is 12.9. The van der Waals surface area contributed by atoms with Gasteiger partial charge in [-0.3, -0.25) is 4.79 Å². The van der Waals surface area contributed by atoms with E-state index in [0.29, 0.717) is 17.8 Å². The molecular weight excluding hydrogens is 230 g/mol. The standard InChI is InChI=1S/C13H21N3O2/c1-9(10-6-4-3-5-7-10)16-12-11(18-2)13(17)15-8-14-12/h8-10H,3-7H2,1-2H3,(H2,14,15,16,17). The number of rotatable bonds is 4. The van der Waals surface area contributed by atoms with E-state index < -0.39 is 0 Å². The Labute approximate surface area is 107 Å². The first-order valence-corrected chi connectivity index (χ1v) is 6.60. The number of nitrogens with zero attached hydrogens (tertiary/aromatic N) is 1. The molecule has 1 saturated carbocycles. The molecule has 0 radical (unpaired) electrons. The fourth-order valence-electron chi connectivity index (χ4n) is 2.65. The second-order valence-corrected chi connectivity index (χ2v) is 4.94. The van der Waals surface area contributed by atoms with Crippen molar-refractivity contribution in [3.8, 4) is 5.75 Å². The van der Waals surface area contributed by atoms with Crippen LogP contribution in [0.4, 0.5) is 5.82 Å². The van der Waals surface area contributed by atoms with Crippen LogP contribution >= 0.6 is 0 Å². The highest BCUT2D eigenvalue weighted by molar-refractivity contribution is 5.48. The molecule has 0 aromatic carbocycles. The number of nitrogens with one attached hydrogen (secondary N) is 2. The van der Waals surface area contributed by atoms with Crippen LogP contribution in [0.2, 0.25) is 0 Å². The van der Waals surface area contributed by atoms with E-state index in [4.69, 9.17) is 4.74 Å². The summed E-state index contributed by atoms with van der Waals surface area (Å²) < 4.78 is 5.10. The van der Waals surface area contributed by atoms with Crippen LogP contribution in [0.1, 0.15) is 39.0 Å². The molecule has 5 heteroatoms. The Kier molecular flexibility index (Phi) is 4.23. The van der Waals surface area contributed by atoms with Gasteiger partial charge < -0.3 is 15.0 Å². The zero-order chi connectivity index (χ0) is 13.0. The molecule has 5 nitrogen and oxygen atoms in total. The zero-order valence-corrected chi connectivity index (χ0v) is 11.0. The van der Waals surface area contributed by atoms with E-state index in [2.05, 4.69) is 22.2 Å². The SMILES string of the molecule is COc1c(NC(C)C2CCCCC2)nc[nH]c1=O. The van der Waals surface area contributed by atoms with Crippen molar-refractivity contribution in [1.82, 2.24) is 9.97 Å². The van der Waals surface area contributed by atoms with Crippen LogP contribution in [-0.2, 0) is 0 Å². The lowest BCUT2D eigenvalue weighted by molar-refractivity contribution is 0.327. The highest BCUT2D eigenvalue weighted by atomic mass is 16.5. The summed E-state index contributed by atoms with van der Waals surface area (Å²) in [6, 6.07) is 0.313. The lowest BCUT2D eigenvalue weighted by atomic mass is 9.84. The van der Waals surface area contributed by atoms with Crippen molar-refractivity contribution in [2.24, 2.45) is 5.92 Å². The molecule has 0 bridgehead atoms. The van der Waals surface area contributed by atoms with E-state index in [-0.39, 0.29) is 11.3 Å². The second kappa shape index (κ2) is 5.89. The highest BCUT2D eigenvalue weighted by Crippen LogP contribution is 2.28. The van der Waals surface area contributed by atoms with Crippen molar-refractivity contribution in [3.05, 3.63) is 16.7 Å². The largest absolute Gasteiger partial charge is 0.489 e. The topological polar surface area (TPSA) is 67.0 Å². The monoisotopic (exact) mass is 251 g/mol. The van der Waals surface area contributed by atoms with E-state index in [1.54, 1.807) is 0 Å². The Morgan fingerprint density at radius 1 is 1.44 bits per heavy atom. The van der Waals surface area contributed by atoms with Crippen molar-refractivity contribution in [3.63, 3.8) is 0 Å². The van der Waals surface area contributed by atoms with Gasteiger partial charge in [0, 0.05) is 6.04 Å². The van der Waals surface area contributed by atoms with E-state index >= 15 is 0 Å². The molecule has 100 valence electrons. The van der Waals surface area contributed by atoms with Crippen molar-refractivity contribution >= 4 is 5.82 Å². The summed E-state index contributed by atoms with van der Waals surface area (Å²) in [5.41, 5.74) is -0.245. The zero-order valence-electron chi connectivity index (χ0n) is 11.0. The van der Waals surface area contributed by atoms with Crippen molar-refractivity contribution < 1.29 is 4.74 Å². The van der Waals surface area contributed by atoms with E-state index in [1.165, 1.54) is 45.5 Å². The summed E-state index contributed by atoms with van der Waals surface area (Å²) in [6.07, 6.45) is 7.85. The van der Waals surface area contributed by atoms with Gasteiger partial charge in [-0.05, 0) is 25.7 Å². The Morgan fingerprint density at radius 3 is 2.83 bits per heavy atom.